The summed E-state index contributed by atoms with van der Waals surface area (Å²) in [5, 5.41) is 80.3. The van der Waals surface area contributed by atoms with Gasteiger partial charge in [-0.1, -0.05) is 62.3 Å². The number of hydrogen-bond donors (Lipinski definition) is 8. The Morgan fingerprint density at radius 3 is 1.05 bits per heavy atom. The molecule has 12 aliphatic rings. The van der Waals surface area contributed by atoms with Crippen LogP contribution in [-0.2, 0) is 19.2 Å². The second-order valence-corrected chi connectivity index (χ2v) is 33.9. The molecule has 0 bridgehead atoms. The van der Waals surface area contributed by atoms with Gasteiger partial charge in [0.15, 0.2) is 0 Å². The van der Waals surface area contributed by atoms with Gasteiger partial charge in [0.2, 0.25) is 0 Å². The van der Waals surface area contributed by atoms with Crippen LogP contribution >= 0.6 is 0 Å². The van der Waals surface area contributed by atoms with E-state index in [1.54, 1.807) is 0 Å². The Labute approximate surface area is 506 Å². The fourth-order valence-electron chi connectivity index (χ4n) is 25.9. The van der Waals surface area contributed by atoms with Crippen molar-refractivity contribution in [1.82, 2.24) is 0 Å². The Morgan fingerprint density at radius 1 is 0.393 bits per heavy atom. The van der Waals surface area contributed by atoms with Crippen molar-refractivity contribution in [3.05, 3.63) is 0 Å². The number of carboxylic acid groups (broad SMARTS) is 3. The molecule has 12 nitrogen and oxygen atoms in total. The molecule has 0 spiro atoms. The minimum absolute atomic E-state index is 0.179. The first-order chi connectivity index (χ1) is 39.5. The van der Waals surface area contributed by atoms with E-state index in [4.69, 9.17) is 15.3 Å². The van der Waals surface area contributed by atoms with E-state index in [2.05, 4.69) is 62.3 Å². The molecule has 0 aromatic rings. The number of rotatable bonds is 12. The van der Waals surface area contributed by atoms with Crippen LogP contribution in [0.2, 0.25) is 0 Å². The van der Waals surface area contributed by atoms with E-state index in [-0.39, 0.29) is 88.2 Å². The Balaban J connectivity index is 0.000000140. The Hall–Kier alpha value is -2.12. The monoisotopic (exact) mass is 1170 g/mol. The lowest BCUT2D eigenvalue weighted by molar-refractivity contribution is -0.174. The zero-order valence-electron chi connectivity index (χ0n) is 53.7. The van der Waals surface area contributed by atoms with E-state index >= 15 is 0 Å². The largest absolute Gasteiger partial charge is 0.481 e. The summed E-state index contributed by atoms with van der Waals surface area (Å²) in [5.41, 5.74) is 1.45. The SMILES string of the molecule is CC(CCC(=O)O)[C@H]1CC[C@H]2[C@@H]3C(=O)C[C@@H]4C[C@H](O)CC[C@]4(C)[C@H]3CC[C@]12C.CC(CCC(=O)O)[C@H]1CC[C@H]2[C@@H]3[C@@H](O)C[C@@H]4C[C@H](O)CC[C@]4(C)[C@H]3CC[C@]12C.CC(CCC(=O)O)[C@H]1CC[C@H]2[C@@H]3[C@H](O)C[C@@H]4C[C@H](O)CC[C@]4(C)[C@H]3CC[C@]12C. The van der Waals surface area contributed by atoms with Crippen LogP contribution in [-0.4, -0.2) is 95.1 Å². The summed E-state index contributed by atoms with van der Waals surface area (Å²) in [6.07, 6.45) is 27.2. The van der Waals surface area contributed by atoms with Crippen molar-refractivity contribution in [2.45, 2.75) is 285 Å². The number of carbonyl (C=O) groups excluding carboxylic acids is 1. The summed E-state index contributed by atoms with van der Waals surface area (Å²) in [7, 11) is 0. The van der Waals surface area contributed by atoms with Gasteiger partial charge in [0.05, 0.1) is 30.5 Å². The second-order valence-electron chi connectivity index (χ2n) is 33.9. The van der Waals surface area contributed by atoms with E-state index in [0.29, 0.717) is 113 Å². The topological polar surface area (TPSA) is 230 Å². The molecule has 478 valence electrons. The summed E-state index contributed by atoms with van der Waals surface area (Å²) in [6, 6.07) is 0. The third-order valence-corrected chi connectivity index (χ3v) is 30.5. The fourth-order valence-corrected chi connectivity index (χ4v) is 25.9. The van der Waals surface area contributed by atoms with Crippen molar-refractivity contribution in [2.75, 3.05) is 0 Å². The number of fused-ring (bicyclic) bond motifs is 15. The summed E-state index contributed by atoms with van der Waals surface area (Å²) in [6.45, 7) is 21.4. The summed E-state index contributed by atoms with van der Waals surface area (Å²) < 4.78 is 0. The number of carbonyl (C=O) groups is 4. The molecule has 0 aliphatic heterocycles. The van der Waals surface area contributed by atoms with Crippen molar-refractivity contribution in [2.24, 2.45) is 139 Å². The Kier molecular flexibility index (Phi) is 19.0. The van der Waals surface area contributed by atoms with Crippen LogP contribution in [0, 0.1) is 139 Å². The van der Waals surface area contributed by atoms with Crippen molar-refractivity contribution in [3.8, 4) is 0 Å². The van der Waals surface area contributed by atoms with Gasteiger partial charge in [-0.25, -0.2) is 0 Å². The lowest BCUT2D eigenvalue weighted by atomic mass is 9.43. The normalized spacial score (nSPS) is 50.8. The molecule has 0 radical (unpaired) electrons. The maximum atomic E-state index is 13.3. The minimum Gasteiger partial charge on any atom is -0.481 e. The van der Waals surface area contributed by atoms with Gasteiger partial charge in [0, 0.05) is 31.6 Å². The van der Waals surface area contributed by atoms with Gasteiger partial charge in [-0.3, -0.25) is 19.2 Å². The molecule has 0 heterocycles. The van der Waals surface area contributed by atoms with Crippen LogP contribution < -0.4 is 0 Å². The molecule has 12 aliphatic carbocycles. The van der Waals surface area contributed by atoms with Gasteiger partial charge in [-0.15, -0.1) is 0 Å². The summed E-state index contributed by atoms with van der Waals surface area (Å²) in [4.78, 5) is 46.5. The molecule has 84 heavy (non-hydrogen) atoms. The molecule has 12 saturated carbocycles. The van der Waals surface area contributed by atoms with E-state index in [9.17, 15) is 44.7 Å². The van der Waals surface area contributed by atoms with Crippen molar-refractivity contribution in [3.63, 3.8) is 0 Å². The van der Waals surface area contributed by atoms with Crippen LogP contribution in [0.4, 0.5) is 0 Å². The van der Waals surface area contributed by atoms with Gasteiger partial charge in [0.1, 0.15) is 5.78 Å². The average molecular weight is 1180 g/mol. The molecular formula is C72H118O12. The van der Waals surface area contributed by atoms with Crippen LogP contribution in [0.15, 0.2) is 0 Å². The van der Waals surface area contributed by atoms with E-state index in [1.165, 1.54) is 57.8 Å². The zero-order chi connectivity index (χ0) is 60.8. The maximum Gasteiger partial charge on any atom is 0.303 e. The van der Waals surface area contributed by atoms with Gasteiger partial charge in [-0.05, 0) is 300 Å². The van der Waals surface area contributed by atoms with Crippen molar-refractivity contribution in [1.29, 1.82) is 0 Å². The smallest absolute Gasteiger partial charge is 0.303 e. The Bertz CT molecular complexity index is 2260. The molecule has 0 aromatic heterocycles. The second kappa shape index (κ2) is 24.6. The van der Waals surface area contributed by atoms with Crippen LogP contribution in [0.25, 0.3) is 0 Å². The Morgan fingerprint density at radius 2 is 0.679 bits per heavy atom. The quantitative estimate of drug-likeness (QED) is 0.0912. The highest BCUT2D eigenvalue weighted by molar-refractivity contribution is 5.83. The van der Waals surface area contributed by atoms with Gasteiger partial charge < -0.3 is 40.9 Å². The van der Waals surface area contributed by atoms with E-state index < -0.39 is 17.9 Å². The number of hydrogen-bond acceptors (Lipinski definition) is 9. The number of ketones is 1. The average Bonchev–Trinajstić information content (AvgIpc) is 3.41. The first-order valence-corrected chi connectivity index (χ1v) is 35.1. The lowest BCUT2D eigenvalue weighted by Gasteiger charge is -2.62. The van der Waals surface area contributed by atoms with Crippen LogP contribution in [0.3, 0.4) is 0 Å². The zero-order valence-corrected chi connectivity index (χ0v) is 53.7. The predicted molar refractivity (Wildman–Crippen MR) is 325 cm³/mol. The molecule has 0 saturated heterocycles. The number of aliphatic hydroxyl groups is 5. The number of carboxylic acids is 3. The van der Waals surface area contributed by atoms with Gasteiger partial charge >= 0.3 is 17.9 Å². The molecule has 12 fully saturated rings. The van der Waals surface area contributed by atoms with Crippen molar-refractivity contribution < 1.29 is 60.0 Å². The highest BCUT2D eigenvalue weighted by Crippen LogP contribution is 2.72. The molecule has 0 aromatic carbocycles. The fraction of sp³-hybridized carbons (Fsp3) is 0.944. The molecule has 29 atom stereocenters. The molecule has 3 unspecified atom stereocenters. The van der Waals surface area contributed by atoms with Crippen molar-refractivity contribution >= 4 is 23.7 Å². The van der Waals surface area contributed by atoms with Gasteiger partial charge in [0.25, 0.3) is 0 Å². The van der Waals surface area contributed by atoms with E-state index in [1.807, 2.05) is 0 Å². The van der Waals surface area contributed by atoms with E-state index in [0.717, 1.165) is 109 Å². The maximum absolute atomic E-state index is 13.3. The summed E-state index contributed by atoms with van der Waals surface area (Å²) in [5.74, 6) is 6.96. The highest BCUT2D eigenvalue weighted by Gasteiger charge is 2.66. The predicted octanol–water partition coefficient (Wildman–Crippen LogP) is 13.6. The minimum atomic E-state index is -0.698. The molecular weight excluding hydrogens is 1060 g/mol. The summed E-state index contributed by atoms with van der Waals surface area (Å²) >= 11 is 0. The van der Waals surface area contributed by atoms with Gasteiger partial charge in [-0.2, -0.15) is 0 Å². The number of aliphatic carboxylic acids is 3. The first kappa shape index (κ1) is 64.9. The number of Topliss-reactive ketones (excluding diaryl/α,β-unsaturated/α-hetero) is 1. The third kappa shape index (κ3) is 11.5. The number of aliphatic hydroxyl groups excluding tert-OH is 5. The molecule has 8 N–H and O–H groups in total. The molecule has 12 heteroatoms. The first-order valence-electron chi connectivity index (χ1n) is 35.1. The molecule has 0 amide bonds. The standard InChI is InChI=1S/2C24H40O4.C24H38O4/c3*1-14(4-7-21(27)28)17-5-6-18-22-19(9-11-24(17,18)3)23(2)10-8-16(25)12-15(23)13-20(22)26/h2*14-20,22,25-26H,4-13H2,1-3H3,(H,27,28);14-19,22,25H,4-13H2,1-3H3,(H,27,28)/t14?,15-,16+,17+,18-,19-,20+,22-,23-,24+;14?,15-,16+,17+,18-,19-,20-,22-,23-,24+;14?,15-,16+,17+,18-,19-,22-,23-,24+/m000/s1. The lowest BCUT2D eigenvalue weighted by Crippen LogP contribution is -2.58. The third-order valence-electron chi connectivity index (χ3n) is 30.5. The highest BCUT2D eigenvalue weighted by atomic mass is 16.4. The molecule has 12 rings (SSSR count). The van der Waals surface area contributed by atoms with Crippen LogP contribution in [0.1, 0.15) is 255 Å². The van der Waals surface area contributed by atoms with Crippen LogP contribution in [0.5, 0.6) is 0 Å².